The number of anilines is 1. The second-order valence-electron chi connectivity index (χ2n) is 5.72. The Hall–Kier alpha value is -2.22. The molecule has 0 saturated carbocycles. The van der Waals surface area contributed by atoms with Gasteiger partial charge in [0, 0.05) is 27.7 Å². The summed E-state index contributed by atoms with van der Waals surface area (Å²) < 4.78 is 0. The SMILES string of the molecule is CC1(C)Nc2ccccc2-c2[nH]c3ccccc3c21. The van der Waals surface area contributed by atoms with E-state index in [1.165, 1.54) is 33.4 Å². The highest BCUT2D eigenvalue weighted by molar-refractivity contribution is 5.96. The number of para-hydroxylation sites is 2. The molecule has 1 aliphatic rings. The van der Waals surface area contributed by atoms with E-state index < -0.39 is 0 Å². The second-order valence-corrected chi connectivity index (χ2v) is 5.72. The normalized spacial score (nSPS) is 15.7. The molecule has 0 atom stereocenters. The van der Waals surface area contributed by atoms with Crippen molar-refractivity contribution in [3.63, 3.8) is 0 Å². The highest BCUT2D eigenvalue weighted by Gasteiger charge is 2.33. The Bertz CT molecular complexity index is 781. The van der Waals surface area contributed by atoms with Gasteiger partial charge in [0.25, 0.3) is 0 Å². The molecule has 1 aromatic heterocycles. The van der Waals surface area contributed by atoms with E-state index in [0.717, 1.165) is 0 Å². The number of fused-ring (bicyclic) bond motifs is 5. The van der Waals surface area contributed by atoms with E-state index >= 15 is 0 Å². The van der Waals surface area contributed by atoms with Crippen molar-refractivity contribution in [3.05, 3.63) is 54.1 Å². The molecule has 0 spiro atoms. The van der Waals surface area contributed by atoms with Gasteiger partial charge in [0.2, 0.25) is 0 Å². The van der Waals surface area contributed by atoms with Gasteiger partial charge in [-0.15, -0.1) is 0 Å². The summed E-state index contributed by atoms with van der Waals surface area (Å²) in [5.74, 6) is 0. The molecule has 0 unspecified atom stereocenters. The highest BCUT2D eigenvalue weighted by Crippen LogP contribution is 2.45. The molecule has 2 nitrogen and oxygen atoms in total. The first kappa shape index (κ1) is 10.7. The number of benzene rings is 2. The minimum absolute atomic E-state index is 0.0662. The lowest BCUT2D eigenvalue weighted by atomic mass is 9.85. The number of rotatable bonds is 0. The fraction of sp³-hybridized carbons (Fsp3) is 0.176. The predicted octanol–water partition coefficient (Wildman–Crippen LogP) is 4.50. The average molecular weight is 248 g/mol. The highest BCUT2D eigenvalue weighted by atomic mass is 15.0. The molecule has 3 aromatic rings. The Labute approximate surface area is 112 Å². The molecule has 2 aromatic carbocycles. The smallest absolute Gasteiger partial charge is 0.0596 e. The van der Waals surface area contributed by atoms with Gasteiger partial charge in [-0.2, -0.15) is 0 Å². The quantitative estimate of drug-likeness (QED) is 0.602. The maximum Gasteiger partial charge on any atom is 0.0596 e. The lowest BCUT2D eigenvalue weighted by Crippen LogP contribution is -2.31. The fourth-order valence-corrected chi connectivity index (χ4v) is 3.20. The van der Waals surface area contributed by atoms with Crippen LogP contribution < -0.4 is 5.32 Å². The third-order valence-corrected chi connectivity index (χ3v) is 3.97. The summed E-state index contributed by atoms with van der Waals surface area (Å²) in [6.07, 6.45) is 0. The molecule has 0 saturated heterocycles. The Balaban J connectivity index is 2.16. The van der Waals surface area contributed by atoms with Gasteiger partial charge in [-0.1, -0.05) is 36.4 Å². The van der Waals surface area contributed by atoms with Crippen LogP contribution in [0.25, 0.3) is 22.2 Å². The van der Waals surface area contributed by atoms with Crippen LogP contribution in [0.4, 0.5) is 5.69 Å². The number of H-pyrrole nitrogens is 1. The van der Waals surface area contributed by atoms with Crippen molar-refractivity contribution in [3.8, 4) is 11.3 Å². The zero-order valence-electron chi connectivity index (χ0n) is 11.1. The van der Waals surface area contributed by atoms with Crippen molar-refractivity contribution in [1.82, 2.24) is 4.98 Å². The second kappa shape index (κ2) is 3.41. The Kier molecular flexibility index (Phi) is 1.92. The zero-order chi connectivity index (χ0) is 13.0. The monoisotopic (exact) mass is 248 g/mol. The topological polar surface area (TPSA) is 27.8 Å². The first-order chi connectivity index (χ1) is 9.17. The number of aromatic amines is 1. The molecule has 2 heteroatoms. The average Bonchev–Trinajstić information content (AvgIpc) is 2.78. The van der Waals surface area contributed by atoms with Crippen molar-refractivity contribution in [2.75, 3.05) is 5.32 Å². The summed E-state index contributed by atoms with van der Waals surface area (Å²) in [6.45, 7) is 4.48. The van der Waals surface area contributed by atoms with Gasteiger partial charge in [-0.3, -0.25) is 0 Å². The van der Waals surface area contributed by atoms with Gasteiger partial charge in [-0.05, 0) is 26.0 Å². The number of hydrogen-bond donors (Lipinski definition) is 2. The van der Waals surface area contributed by atoms with Crippen molar-refractivity contribution in [2.45, 2.75) is 19.4 Å². The van der Waals surface area contributed by atoms with Crippen LogP contribution in [0.1, 0.15) is 19.4 Å². The van der Waals surface area contributed by atoms with E-state index in [0.29, 0.717) is 0 Å². The van der Waals surface area contributed by atoms with Crippen LogP contribution in [-0.2, 0) is 5.54 Å². The summed E-state index contributed by atoms with van der Waals surface area (Å²) in [4.78, 5) is 3.59. The van der Waals surface area contributed by atoms with E-state index in [9.17, 15) is 0 Å². The molecule has 2 heterocycles. The zero-order valence-corrected chi connectivity index (χ0v) is 11.1. The summed E-state index contributed by atoms with van der Waals surface area (Å²) in [7, 11) is 0. The van der Waals surface area contributed by atoms with Crippen LogP contribution in [0.5, 0.6) is 0 Å². The minimum atomic E-state index is -0.0662. The molecular weight excluding hydrogens is 232 g/mol. The molecule has 0 bridgehead atoms. The van der Waals surface area contributed by atoms with Crippen LogP contribution in [0.2, 0.25) is 0 Å². The molecule has 94 valence electrons. The van der Waals surface area contributed by atoms with E-state index in [1.54, 1.807) is 0 Å². The Morgan fingerprint density at radius 2 is 1.63 bits per heavy atom. The lowest BCUT2D eigenvalue weighted by molar-refractivity contribution is 0.611. The van der Waals surface area contributed by atoms with E-state index in [2.05, 4.69) is 72.7 Å². The number of aromatic nitrogens is 1. The summed E-state index contributed by atoms with van der Waals surface area (Å²) in [5, 5.41) is 4.96. The van der Waals surface area contributed by atoms with Gasteiger partial charge in [0.05, 0.1) is 11.2 Å². The first-order valence-corrected chi connectivity index (χ1v) is 6.65. The van der Waals surface area contributed by atoms with Crippen LogP contribution in [0.3, 0.4) is 0 Å². The van der Waals surface area contributed by atoms with Crippen LogP contribution >= 0.6 is 0 Å². The molecule has 1 aliphatic heterocycles. The molecule has 0 fully saturated rings. The van der Waals surface area contributed by atoms with Crippen molar-refractivity contribution in [1.29, 1.82) is 0 Å². The van der Waals surface area contributed by atoms with Crippen LogP contribution in [0.15, 0.2) is 48.5 Å². The van der Waals surface area contributed by atoms with Gasteiger partial charge in [0.15, 0.2) is 0 Å². The van der Waals surface area contributed by atoms with Gasteiger partial charge >= 0.3 is 0 Å². The van der Waals surface area contributed by atoms with Gasteiger partial charge in [-0.25, -0.2) is 0 Å². The predicted molar refractivity (Wildman–Crippen MR) is 80.4 cm³/mol. The summed E-state index contributed by atoms with van der Waals surface area (Å²) in [5.41, 5.74) is 6.21. The van der Waals surface area contributed by atoms with E-state index in [4.69, 9.17) is 0 Å². The number of hydrogen-bond acceptors (Lipinski definition) is 1. The molecule has 4 rings (SSSR count). The summed E-state index contributed by atoms with van der Waals surface area (Å²) in [6, 6.07) is 17.0. The minimum Gasteiger partial charge on any atom is -0.375 e. The third-order valence-electron chi connectivity index (χ3n) is 3.97. The van der Waals surface area contributed by atoms with Crippen molar-refractivity contribution >= 4 is 16.6 Å². The maximum atomic E-state index is 3.65. The van der Waals surface area contributed by atoms with Gasteiger partial charge < -0.3 is 10.3 Å². The van der Waals surface area contributed by atoms with Crippen molar-refractivity contribution < 1.29 is 0 Å². The fourth-order valence-electron chi connectivity index (χ4n) is 3.20. The van der Waals surface area contributed by atoms with E-state index in [1.807, 2.05) is 0 Å². The summed E-state index contributed by atoms with van der Waals surface area (Å²) >= 11 is 0. The first-order valence-electron chi connectivity index (χ1n) is 6.65. The molecule has 0 amide bonds. The largest absolute Gasteiger partial charge is 0.375 e. The molecular formula is C17H16N2. The Morgan fingerprint density at radius 3 is 2.53 bits per heavy atom. The van der Waals surface area contributed by atoms with Crippen LogP contribution in [0, 0.1) is 0 Å². The molecule has 0 radical (unpaired) electrons. The van der Waals surface area contributed by atoms with E-state index in [-0.39, 0.29) is 5.54 Å². The maximum absolute atomic E-state index is 3.65. The Morgan fingerprint density at radius 1 is 0.895 bits per heavy atom. The third kappa shape index (κ3) is 1.37. The van der Waals surface area contributed by atoms with Gasteiger partial charge in [0.1, 0.15) is 0 Å². The molecule has 0 aliphatic carbocycles. The molecule has 19 heavy (non-hydrogen) atoms. The molecule has 2 N–H and O–H groups in total. The standard InChI is InChI=1S/C17H16N2/c1-17(2)15-11-7-3-5-9-13(11)18-16(15)12-8-4-6-10-14(12)19-17/h3-10,18-19H,1-2H3. The van der Waals surface area contributed by atoms with Crippen molar-refractivity contribution in [2.24, 2.45) is 0 Å². The van der Waals surface area contributed by atoms with Crippen LogP contribution in [-0.4, -0.2) is 4.98 Å². The lowest BCUT2D eigenvalue weighted by Gasteiger charge is -2.34. The number of nitrogens with one attached hydrogen (secondary N) is 2.